The van der Waals surface area contributed by atoms with Gasteiger partial charge in [-0.15, -0.1) is 0 Å². The summed E-state index contributed by atoms with van der Waals surface area (Å²) in [5.41, 5.74) is 8.99. The van der Waals surface area contributed by atoms with Crippen molar-refractivity contribution in [2.75, 3.05) is 0 Å². The van der Waals surface area contributed by atoms with Crippen LogP contribution in [-0.4, -0.2) is 20.7 Å². The number of hydrogen-bond acceptors (Lipinski definition) is 0. The topological polar surface area (TPSA) is 4.93 Å². The Balaban J connectivity index is 1.36. The van der Waals surface area contributed by atoms with Crippen LogP contribution in [0.3, 0.4) is 0 Å². The highest BCUT2D eigenvalue weighted by Gasteiger charge is 2.53. The van der Waals surface area contributed by atoms with E-state index in [0.29, 0.717) is 0 Å². The van der Waals surface area contributed by atoms with Gasteiger partial charge in [0.05, 0.1) is 22.1 Å². The zero-order valence-electron chi connectivity index (χ0n) is 30.5. The first kappa shape index (κ1) is 31.5. The van der Waals surface area contributed by atoms with Crippen LogP contribution in [0.5, 0.6) is 0 Å². The standard InChI is InChI=1S/C51H39NSi2/c1-53(2)48-31-16-13-27-43(48)51(44-28-14-17-32-49(44)53)42-34-33-39(35-47(42)52-46-30-15-12-25-40(46)41-26-18-29-45(51)50(41)52)54(36-19-6-3-7-20-36,37-21-8-4-9-22-37)38-23-10-5-11-24-38/h3-35H,1-2H3. The molecule has 2 aliphatic rings. The van der Waals surface area contributed by atoms with Crippen LogP contribution in [0.15, 0.2) is 200 Å². The summed E-state index contributed by atoms with van der Waals surface area (Å²) in [6.45, 7) is 5.09. The Morgan fingerprint density at radius 2 is 0.889 bits per heavy atom. The van der Waals surface area contributed by atoms with Gasteiger partial charge in [0.15, 0.2) is 8.07 Å². The van der Waals surface area contributed by atoms with Crippen molar-refractivity contribution in [2.45, 2.75) is 18.5 Å². The smallest absolute Gasteiger partial charge is 0.179 e. The molecule has 3 heteroatoms. The molecule has 0 radical (unpaired) electrons. The predicted octanol–water partition coefficient (Wildman–Crippen LogP) is 7.99. The molecular weight excluding hydrogens is 683 g/mol. The second-order valence-corrected chi connectivity index (χ2v) is 23.7. The van der Waals surface area contributed by atoms with E-state index in [1.807, 2.05) is 0 Å². The highest BCUT2D eigenvalue weighted by molar-refractivity contribution is 7.20. The zero-order valence-corrected chi connectivity index (χ0v) is 32.5. The summed E-state index contributed by atoms with van der Waals surface area (Å²) in [6, 6.07) is 76.6. The molecule has 0 aliphatic carbocycles. The molecule has 11 rings (SSSR count). The van der Waals surface area contributed by atoms with Crippen molar-refractivity contribution in [1.82, 2.24) is 4.57 Å². The van der Waals surface area contributed by atoms with Crippen LogP contribution < -0.4 is 31.1 Å². The molecule has 3 heterocycles. The first-order valence-corrected chi connectivity index (χ1v) is 24.1. The van der Waals surface area contributed by atoms with Crippen molar-refractivity contribution in [3.8, 4) is 5.69 Å². The van der Waals surface area contributed by atoms with Crippen molar-refractivity contribution in [2.24, 2.45) is 0 Å². The van der Waals surface area contributed by atoms with Crippen molar-refractivity contribution in [1.29, 1.82) is 0 Å². The molecule has 0 saturated heterocycles. The number of hydrogen-bond donors (Lipinski definition) is 0. The lowest BCUT2D eigenvalue weighted by atomic mass is 9.62. The lowest BCUT2D eigenvalue weighted by Gasteiger charge is -2.49. The summed E-state index contributed by atoms with van der Waals surface area (Å²) in [5.74, 6) is 0. The van der Waals surface area contributed by atoms with Gasteiger partial charge in [-0.3, -0.25) is 0 Å². The molecule has 2 aliphatic heterocycles. The van der Waals surface area contributed by atoms with Gasteiger partial charge in [0.25, 0.3) is 0 Å². The van der Waals surface area contributed by atoms with Crippen LogP contribution in [0.25, 0.3) is 27.5 Å². The molecular formula is C51H39NSi2. The van der Waals surface area contributed by atoms with Crippen molar-refractivity contribution >= 4 is 69.1 Å². The lowest BCUT2D eigenvalue weighted by molar-refractivity contribution is 0.732. The Morgan fingerprint density at radius 3 is 1.48 bits per heavy atom. The highest BCUT2D eigenvalue weighted by Crippen LogP contribution is 2.55. The number of nitrogens with zero attached hydrogens (tertiary/aromatic N) is 1. The quantitative estimate of drug-likeness (QED) is 0.128. The van der Waals surface area contributed by atoms with E-state index in [2.05, 4.69) is 218 Å². The lowest BCUT2D eigenvalue weighted by Crippen LogP contribution is -2.74. The predicted molar refractivity (Wildman–Crippen MR) is 233 cm³/mol. The fourth-order valence-electron chi connectivity index (χ4n) is 10.6. The molecule has 1 nitrogen and oxygen atoms in total. The Kier molecular flexibility index (Phi) is 6.71. The van der Waals surface area contributed by atoms with E-state index in [4.69, 9.17) is 0 Å². The van der Waals surface area contributed by atoms with Gasteiger partial charge in [-0.2, -0.15) is 0 Å². The molecule has 1 aromatic heterocycles. The van der Waals surface area contributed by atoms with Crippen LogP contribution in [0, 0.1) is 0 Å². The Hall–Kier alpha value is -6.01. The molecule has 0 atom stereocenters. The number of para-hydroxylation sites is 2. The molecule has 0 saturated carbocycles. The number of rotatable bonds is 4. The van der Waals surface area contributed by atoms with Crippen LogP contribution >= 0.6 is 0 Å². The fraction of sp³-hybridized carbons (Fsp3) is 0.0588. The molecule has 1 spiro atoms. The van der Waals surface area contributed by atoms with Gasteiger partial charge in [0.1, 0.15) is 8.07 Å². The monoisotopic (exact) mass is 721 g/mol. The maximum absolute atomic E-state index is 2.81. The minimum atomic E-state index is -2.81. The highest BCUT2D eigenvalue weighted by atomic mass is 28.3. The van der Waals surface area contributed by atoms with E-state index in [1.54, 1.807) is 0 Å². The normalized spacial score (nSPS) is 14.8. The van der Waals surface area contributed by atoms with Crippen molar-refractivity contribution < 1.29 is 0 Å². The third kappa shape index (κ3) is 3.93. The third-order valence-electron chi connectivity index (χ3n) is 12.8. The van der Waals surface area contributed by atoms with E-state index in [9.17, 15) is 0 Å². The maximum Gasteiger partial charge on any atom is 0.179 e. The second kappa shape index (κ2) is 11.5. The van der Waals surface area contributed by atoms with Crippen LogP contribution in [0.1, 0.15) is 22.3 Å². The molecule has 0 N–H and O–H groups in total. The largest absolute Gasteiger partial charge is 0.309 e. The molecule has 54 heavy (non-hydrogen) atoms. The van der Waals surface area contributed by atoms with Crippen LogP contribution in [0.2, 0.25) is 13.1 Å². The van der Waals surface area contributed by atoms with Gasteiger partial charge in [0.2, 0.25) is 0 Å². The molecule has 8 aromatic carbocycles. The van der Waals surface area contributed by atoms with Gasteiger partial charge in [-0.25, -0.2) is 0 Å². The molecule has 0 unspecified atom stereocenters. The SMILES string of the molecule is C[Si]1(C)c2ccccc2C2(c3ccc([Si](c4ccccc4)(c4ccccc4)c4ccccc4)cc3-n3c4ccccc4c4cccc2c43)c2ccccc21. The van der Waals surface area contributed by atoms with Gasteiger partial charge < -0.3 is 4.57 Å². The summed E-state index contributed by atoms with van der Waals surface area (Å²) < 4.78 is 2.62. The average molecular weight is 722 g/mol. The van der Waals surface area contributed by atoms with Crippen LogP contribution in [-0.2, 0) is 5.41 Å². The third-order valence-corrected chi connectivity index (χ3v) is 21.1. The van der Waals surface area contributed by atoms with Crippen LogP contribution in [0.4, 0.5) is 0 Å². The van der Waals surface area contributed by atoms with Crippen molar-refractivity contribution in [3.63, 3.8) is 0 Å². The minimum absolute atomic E-state index is 0.482. The number of aromatic nitrogens is 1. The molecule has 0 fully saturated rings. The Bertz CT molecular complexity index is 2760. The zero-order chi connectivity index (χ0) is 36.1. The van der Waals surface area contributed by atoms with E-state index in [0.717, 1.165) is 0 Å². The summed E-state index contributed by atoms with van der Waals surface area (Å²) >= 11 is 0. The van der Waals surface area contributed by atoms with Gasteiger partial charge in [0, 0.05) is 10.8 Å². The summed E-state index contributed by atoms with van der Waals surface area (Å²) in [5, 5.41) is 11.2. The summed E-state index contributed by atoms with van der Waals surface area (Å²) in [6.07, 6.45) is 0. The minimum Gasteiger partial charge on any atom is -0.309 e. The Morgan fingerprint density at radius 1 is 0.407 bits per heavy atom. The fourth-order valence-corrected chi connectivity index (χ4v) is 18.6. The number of benzene rings is 8. The summed E-state index contributed by atoms with van der Waals surface area (Å²) in [7, 11) is -4.86. The first-order chi connectivity index (χ1) is 26.6. The molecule has 9 aromatic rings. The molecule has 0 bridgehead atoms. The van der Waals surface area contributed by atoms with E-state index >= 15 is 0 Å². The molecule has 0 amide bonds. The van der Waals surface area contributed by atoms with Crippen molar-refractivity contribution in [3.05, 3.63) is 222 Å². The molecule has 256 valence electrons. The number of fused-ring (bicyclic) bond motifs is 11. The Labute approximate surface area is 318 Å². The summed E-state index contributed by atoms with van der Waals surface area (Å²) in [4.78, 5) is 0. The first-order valence-electron chi connectivity index (χ1n) is 19.1. The van der Waals surface area contributed by atoms with Gasteiger partial charge in [-0.1, -0.05) is 201 Å². The van der Waals surface area contributed by atoms with Gasteiger partial charge >= 0.3 is 0 Å². The van der Waals surface area contributed by atoms with E-state index < -0.39 is 21.6 Å². The second-order valence-electron chi connectivity index (χ2n) is 15.6. The average Bonchev–Trinajstić information content (AvgIpc) is 3.58. The van der Waals surface area contributed by atoms with E-state index in [1.165, 1.54) is 80.9 Å². The maximum atomic E-state index is 2.62. The van der Waals surface area contributed by atoms with Gasteiger partial charge in [-0.05, 0) is 65.5 Å². The van der Waals surface area contributed by atoms with E-state index in [-0.39, 0.29) is 0 Å².